The molecule has 0 aromatic rings. The van der Waals surface area contributed by atoms with Gasteiger partial charge in [0.05, 0.1) is 21.1 Å². The molecular weight excluding hydrogens is 220 g/mol. The third kappa shape index (κ3) is 2.37. The first-order chi connectivity index (χ1) is 6.34. The van der Waals surface area contributed by atoms with Crippen LogP contribution in [0, 0.1) is 0 Å². The summed E-state index contributed by atoms with van der Waals surface area (Å²) in [6, 6.07) is 0. The van der Waals surface area contributed by atoms with Gasteiger partial charge in [-0.15, -0.1) is 0 Å². The van der Waals surface area contributed by atoms with Crippen LogP contribution >= 0.6 is 24.0 Å². The molecule has 1 unspecified atom stereocenters. The monoisotopic (exact) mass is 235 g/mol. The normalized spacial score (nSPS) is 19.9. The number of rotatable bonds is 3. The second kappa shape index (κ2) is 4.04. The number of carboxylic acids is 1. The summed E-state index contributed by atoms with van der Waals surface area (Å²) in [5.74, 6) is 0.0742. The highest BCUT2D eigenvalue weighted by molar-refractivity contribution is 8.23. The number of aliphatic carboxylic acids is 1. The summed E-state index contributed by atoms with van der Waals surface area (Å²) in [5.41, 5.74) is 0. The first-order valence-electron chi connectivity index (χ1n) is 4.31. The van der Waals surface area contributed by atoms with Crippen LogP contribution in [-0.2, 0) is 4.79 Å². The molecule has 1 atom stereocenters. The Morgan fingerprint density at radius 1 is 1.64 bits per heavy atom. The lowest BCUT2D eigenvalue weighted by atomic mass is 10.3. The molecule has 0 spiro atoms. The highest BCUT2D eigenvalue weighted by Crippen LogP contribution is 2.23. The van der Waals surface area contributed by atoms with Gasteiger partial charge in [-0.25, -0.2) is 4.79 Å². The van der Waals surface area contributed by atoms with E-state index in [1.54, 1.807) is 16.7 Å². The zero-order chi connectivity index (χ0) is 10.9. The third-order valence-electron chi connectivity index (χ3n) is 2.04. The minimum Gasteiger partial charge on any atom is -0.475 e. The topological polar surface area (TPSA) is 40.5 Å². The summed E-state index contributed by atoms with van der Waals surface area (Å²) in [6.45, 7) is 0.732. The van der Waals surface area contributed by atoms with Gasteiger partial charge in [0.2, 0.25) is 0 Å². The number of nitrogens with zero attached hydrogens (tertiary/aromatic N) is 2. The molecule has 1 rings (SSSR count). The van der Waals surface area contributed by atoms with Crippen LogP contribution in [0.3, 0.4) is 0 Å². The van der Waals surface area contributed by atoms with E-state index in [-0.39, 0.29) is 0 Å². The van der Waals surface area contributed by atoms with E-state index in [2.05, 4.69) is 0 Å². The molecule has 0 radical (unpaired) electrons. The lowest BCUT2D eigenvalue weighted by Gasteiger charge is -2.36. The van der Waals surface area contributed by atoms with Gasteiger partial charge in [-0.2, -0.15) is 0 Å². The molecule has 4 nitrogen and oxygen atoms in total. The number of thioether (sulfide) groups is 1. The van der Waals surface area contributed by atoms with Crippen molar-refractivity contribution < 1.29 is 14.4 Å². The van der Waals surface area contributed by atoms with Crippen molar-refractivity contribution in [2.45, 2.75) is 6.17 Å². The number of likely N-dealkylation sites (N-methyl/N-ethyl adjacent to an activating group) is 1. The first-order valence-corrected chi connectivity index (χ1v) is 5.71. The van der Waals surface area contributed by atoms with Crippen LogP contribution in [0.4, 0.5) is 0 Å². The Morgan fingerprint density at radius 2 is 2.21 bits per heavy atom. The van der Waals surface area contributed by atoms with Gasteiger partial charge < -0.3 is 9.59 Å². The molecular formula is C8H15N2O2S2+. The van der Waals surface area contributed by atoms with Crippen LogP contribution < -0.4 is 0 Å². The second-order valence-electron chi connectivity index (χ2n) is 4.14. The summed E-state index contributed by atoms with van der Waals surface area (Å²) in [4.78, 5) is 12.9. The fraction of sp³-hybridized carbons (Fsp3) is 0.750. The number of carboxylic acid groups (broad SMARTS) is 1. The fourth-order valence-corrected chi connectivity index (χ4v) is 2.77. The molecule has 1 aliphatic rings. The van der Waals surface area contributed by atoms with Gasteiger partial charge in [0.15, 0.2) is 0 Å². The van der Waals surface area contributed by atoms with Crippen LogP contribution in [0.1, 0.15) is 0 Å². The van der Waals surface area contributed by atoms with Gasteiger partial charge >= 0.3 is 5.97 Å². The Morgan fingerprint density at radius 3 is 2.50 bits per heavy atom. The fourth-order valence-electron chi connectivity index (χ4n) is 1.51. The molecule has 1 fully saturated rings. The van der Waals surface area contributed by atoms with E-state index >= 15 is 0 Å². The molecule has 1 aliphatic heterocycles. The molecule has 14 heavy (non-hydrogen) atoms. The molecule has 0 aromatic carbocycles. The highest BCUT2D eigenvalue weighted by atomic mass is 32.2. The highest BCUT2D eigenvalue weighted by Gasteiger charge is 2.40. The smallest absolute Gasteiger partial charge is 0.385 e. The van der Waals surface area contributed by atoms with E-state index in [0.29, 0.717) is 8.80 Å². The summed E-state index contributed by atoms with van der Waals surface area (Å²) in [5, 5.41) is 9.16. The van der Waals surface area contributed by atoms with Crippen LogP contribution in [0.15, 0.2) is 0 Å². The van der Waals surface area contributed by atoms with Crippen LogP contribution in [0.2, 0.25) is 0 Å². The van der Waals surface area contributed by atoms with E-state index in [1.807, 2.05) is 21.1 Å². The molecule has 0 aliphatic carbocycles. The van der Waals surface area contributed by atoms with Crippen molar-refractivity contribution in [2.24, 2.45) is 0 Å². The van der Waals surface area contributed by atoms with Gasteiger partial charge in [0.1, 0.15) is 4.32 Å². The second-order valence-corrected chi connectivity index (χ2v) is 5.86. The SMILES string of the molecule is C[N+](C)(C)C(C(=O)O)N1CCSC1=S. The Hall–Kier alpha value is -0.330. The average Bonchev–Trinajstić information content (AvgIpc) is 2.32. The molecule has 1 heterocycles. The van der Waals surface area contributed by atoms with Crippen molar-refractivity contribution in [3.05, 3.63) is 0 Å². The molecule has 1 N–H and O–H groups in total. The summed E-state index contributed by atoms with van der Waals surface area (Å²) in [7, 11) is 5.60. The predicted octanol–water partition coefficient (Wildman–Crippen LogP) is 0.437. The lowest BCUT2D eigenvalue weighted by Crippen LogP contribution is -2.59. The van der Waals surface area contributed by atoms with Crippen molar-refractivity contribution in [2.75, 3.05) is 33.4 Å². The lowest BCUT2D eigenvalue weighted by molar-refractivity contribution is -0.896. The molecule has 6 heteroatoms. The number of hydrogen-bond donors (Lipinski definition) is 1. The van der Waals surface area contributed by atoms with E-state index in [0.717, 1.165) is 12.3 Å². The van der Waals surface area contributed by atoms with Crippen molar-refractivity contribution in [3.8, 4) is 0 Å². The number of hydrogen-bond acceptors (Lipinski definition) is 3. The van der Waals surface area contributed by atoms with E-state index in [9.17, 15) is 4.79 Å². The quantitative estimate of drug-likeness (QED) is 0.568. The van der Waals surface area contributed by atoms with Crippen LogP contribution in [-0.4, -0.2) is 64.4 Å². The first kappa shape index (κ1) is 11.7. The minimum atomic E-state index is -0.817. The van der Waals surface area contributed by atoms with E-state index in [1.165, 1.54) is 0 Å². The molecule has 80 valence electrons. The maximum atomic E-state index is 11.2. The zero-order valence-corrected chi connectivity index (χ0v) is 10.2. The summed E-state index contributed by atoms with van der Waals surface area (Å²) in [6.07, 6.45) is -0.572. The molecule has 0 saturated carbocycles. The van der Waals surface area contributed by atoms with Gasteiger partial charge in [-0.05, 0) is 0 Å². The van der Waals surface area contributed by atoms with Gasteiger partial charge in [0, 0.05) is 12.3 Å². The maximum Gasteiger partial charge on any atom is 0.385 e. The molecule has 1 saturated heterocycles. The Labute approximate surface area is 93.5 Å². The Bertz CT molecular complexity index is 263. The largest absolute Gasteiger partial charge is 0.475 e. The van der Waals surface area contributed by atoms with Gasteiger partial charge in [-0.1, -0.05) is 24.0 Å². The third-order valence-corrected chi connectivity index (χ3v) is 3.50. The Kier molecular flexibility index (Phi) is 3.39. The average molecular weight is 235 g/mol. The van der Waals surface area contributed by atoms with E-state index < -0.39 is 12.1 Å². The summed E-state index contributed by atoms with van der Waals surface area (Å²) < 4.78 is 1.06. The van der Waals surface area contributed by atoms with Gasteiger partial charge in [0.25, 0.3) is 6.17 Å². The van der Waals surface area contributed by atoms with Crippen LogP contribution in [0.25, 0.3) is 0 Å². The molecule has 0 aromatic heterocycles. The van der Waals surface area contributed by atoms with Crippen molar-refractivity contribution in [1.82, 2.24) is 4.90 Å². The summed E-state index contributed by atoms with van der Waals surface area (Å²) >= 11 is 6.67. The van der Waals surface area contributed by atoms with Crippen molar-refractivity contribution in [1.29, 1.82) is 0 Å². The Balaban J connectivity index is 2.88. The number of thiocarbonyl (C=S) groups is 1. The van der Waals surface area contributed by atoms with Crippen LogP contribution in [0.5, 0.6) is 0 Å². The molecule has 0 amide bonds. The molecule has 0 bridgehead atoms. The van der Waals surface area contributed by atoms with E-state index in [4.69, 9.17) is 17.3 Å². The van der Waals surface area contributed by atoms with Crippen molar-refractivity contribution in [3.63, 3.8) is 0 Å². The number of carbonyl (C=O) groups is 1. The van der Waals surface area contributed by atoms with Gasteiger partial charge in [-0.3, -0.25) is 4.90 Å². The number of quaternary nitrogens is 1. The minimum absolute atomic E-state index is 0.357. The van der Waals surface area contributed by atoms with Crippen molar-refractivity contribution >= 4 is 34.3 Å². The maximum absolute atomic E-state index is 11.2. The predicted molar refractivity (Wildman–Crippen MR) is 61.2 cm³/mol. The zero-order valence-electron chi connectivity index (χ0n) is 8.56. The standard InChI is InChI=1S/C8H14N2O2S2/c1-10(2,3)6(7(11)12)9-4-5-14-8(9)13/h6H,4-5H2,1-3H3/p+1.